The van der Waals surface area contributed by atoms with Crippen LogP contribution >= 0.6 is 11.6 Å². The second-order valence-corrected chi connectivity index (χ2v) is 4.77. The number of carbonyl (C=O) groups is 1. The van der Waals surface area contributed by atoms with Crippen LogP contribution < -0.4 is 0 Å². The summed E-state index contributed by atoms with van der Waals surface area (Å²) >= 11 is 6.00. The largest absolute Gasteiger partial charge is 0.293 e. The second-order valence-electron chi connectivity index (χ2n) is 4.36. The van der Waals surface area contributed by atoms with Crippen LogP contribution in [0.5, 0.6) is 0 Å². The number of hydrogen-bond donors (Lipinski definition) is 0. The summed E-state index contributed by atoms with van der Waals surface area (Å²) < 4.78 is 0. The molecule has 1 atom stereocenters. The molecule has 1 aromatic rings. The Kier molecular flexibility index (Phi) is 3.62. The molecule has 0 radical (unpaired) electrons. The van der Waals surface area contributed by atoms with Crippen molar-refractivity contribution in [3.8, 4) is 0 Å². The normalized spacial score (nSPS) is 21.2. The van der Waals surface area contributed by atoms with Gasteiger partial charge in [-0.25, -0.2) is 0 Å². The van der Waals surface area contributed by atoms with Gasteiger partial charge in [-0.05, 0) is 38.4 Å². The molecule has 0 aliphatic carbocycles. The van der Waals surface area contributed by atoms with Crippen molar-refractivity contribution >= 4 is 17.4 Å². The van der Waals surface area contributed by atoms with E-state index in [4.69, 9.17) is 11.6 Å². The molecule has 0 aromatic heterocycles. The highest BCUT2D eigenvalue weighted by Gasteiger charge is 2.23. The lowest BCUT2D eigenvalue weighted by molar-refractivity contribution is 0.0926. The molecule has 2 nitrogen and oxygen atoms in total. The summed E-state index contributed by atoms with van der Waals surface area (Å²) in [6, 6.07) is 7.78. The van der Waals surface area contributed by atoms with Gasteiger partial charge in [-0.3, -0.25) is 9.69 Å². The van der Waals surface area contributed by atoms with E-state index in [1.54, 1.807) is 12.1 Å². The first-order chi connectivity index (χ1) is 7.68. The van der Waals surface area contributed by atoms with E-state index < -0.39 is 0 Å². The number of carbonyl (C=O) groups excluding carboxylic acids is 1. The van der Waals surface area contributed by atoms with E-state index in [0.29, 0.717) is 23.2 Å². The Bertz CT molecular complexity index is 391. The fraction of sp³-hybridized carbons (Fsp3) is 0.462. The van der Waals surface area contributed by atoms with E-state index in [0.717, 1.165) is 6.54 Å². The average Bonchev–Trinajstić information content (AvgIpc) is 2.65. The number of ketones is 1. The number of halogens is 1. The zero-order valence-corrected chi connectivity index (χ0v) is 10.2. The van der Waals surface area contributed by atoms with Gasteiger partial charge in [0.25, 0.3) is 0 Å². The molecule has 1 saturated heterocycles. The molecule has 3 heteroatoms. The van der Waals surface area contributed by atoms with Crippen LogP contribution in [0.4, 0.5) is 0 Å². The third kappa shape index (κ3) is 2.45. The van der Waals surface area contributed by atoms with Crippen molar-refractivity contribution in [2.24, 2.45) is 0 Å². The molecule has 1 fully saturated rings. The van der Waals surface area contributed by atoms with Gasteiger partial charge in [-0.15, -0.1) is 0 Å². The van der Waals surface area contributed by atoms with E-state index >= 15 is 0 Å². The molecule has 0 saturated carbocycles. The smallest absolute Gasteiger partial charge is 0.178 e. The summed E-state index contributed by atoms with van der Waals surface area (Å²) in [7, 11) is 0. The predicted octanol–water partition coefficient (Wildman–Crippen LogP) is 3.01. The van der Waals surface area contributed by atoms with Crippen LogP contribution in [0.3, 0.4) is 0 Å². The van der Waals surface area contributed by atoms with Gasteiger partial charge in [0.2, 0.25) is 0 Å². The molecule has 16 heavy (non-hydrogen) atoms. The van der Waals surface area contributed by atoms with Crippen molar-refractivity contribution in [3.63, 3.8) is 0 Å². The number of Topliss-reactive ketones (excluding diaryl/α,β-unsaturated/α-hetero) is 1. The summed E-state index contributed by atoms with van der Waals surface area (Å²) in [6.45, 7) is 3.69. The minimum absolute atomic E-state index is 0.124. The minimum Gasteiger partial charge on any atom is -0.293 e. The van der Waals surface area contributed by atoms with Gasteiger partial charge >= 0.3 is 0 Å². The Morgan fingerprint density at radius 1 is 1.50 bits per heavy atom. The number of nitrogens with zero attached hydrogens (tertiary/aromatic N) is 1. The molecule has 1 heterocycles. The standard InChI is InChI=1S/C13H16ClNO/c1-10-5-4-8-15(10)9-13(16)11-6-2-3-7-12(11)14/h2-3,6-7,10H,4-5,8-9H2,1H3. The Labute approximate surface area is 101 Å². The van der Waals surface area contributed by atoms with Gasteiger partial charge in [0.1, 0.15) is 0 Å². The van der Waals surface area contributed by atoms with Crippen LogP contribution in [0.1, 0.15) is 30.1 Å². The van der Waals surface area contributed by atoms with E-state index in [1.165, 1.54) is 12.8 Å². The number of likely N-dealkylation sites (tertiary alicyclic amines) is 1. The van der Waals surface area contributed by atoms with Crippen LogP contribution in [0.2, 0.25) is 5.02 Å². The molecule has 0 bridgehead atoms. The fourth-order valence-electron chi connectivity index (χ4n) is 2.18. The third-order valence-electron chi connectivity index (χ3n) is 3.21. The quantitative estimate of drug-likeness (QED) is 0.754. The van der Waals surface area contributed by atoms with Gasteiger partial charge in [0, 0.05) is 11.6 Å². The summed E-state index contributed by atoms with van der Waals surface area (Å²) in [4.78, 5) is 14.3. The Hall–Kier alpha value is -0.860. The molecule has 1 unspecified atom stereocenters. The minimum atomic E-state index is 0.124. The highest BCUT2D eigenvalue weighted by molar-refractivity contribution is 6.34. The van der Waals surface area contributed by atoms with Crippen LogP contribution in [0.15, 0.2) is 24.3 Å². The molecule has 1 aliphatic heterocycles. The van der Waals surface area contributed by atoms with Crippen molar-refractivity contribution < 1.29 is 4.79 Å². The first kappa shape index (κ1) is 11.6. The van der Waals surface area contributed by atoms with E-state index in [9.17, 15) is 4.79 Å². The van der Waals surface area contributed by atoms with Crippen molar-refractivity contribution in [1.29, 1.82) is 0 Å². The van der Waals surface area contributed by atoms with Crippen molar-refractivity contribution in [3.05, 3.63) is 34.9 Å². The second kappa shape index (κ2) is 4.98. The maximum absolute atomic E-state index is 12.0. The average molecular weight is 238 g/mol. The predicted molar refractivity (Wildman–Crippen MR) is 66.1 cm³/mol. The summed E-state index contributed by atoms with van der Waals surface area (Å²) in [5.74, 6) is 0.124. The van der Waals surface area contributed by atoms with Gasteiger partial charge in [-0.1, -0.05) is 23.7 Å². The lowest BCUT2D eigenvalue weighted by Crippen LogP contribution is -2.32. The summed E-state index contributed by atoms with van der Waals surface area (Å²) in [5, 5.41) is 0.555. The molecular weight excluding hydrogens is 222 g/mol. The first-order valence-corrected chi connectivity index (χ1v) is 6.08. The first-order valence-electron chi connectivity index (χ1n) is 5.70. The van der Waals surface area contributed by atoms with Crippen LogP contribution in [0, 0.1) is 0 Å². The van der Waals surface area contributed by atoms with E-state index in [2.05, 4.69) is 11.8 Å². The molecule has 0 amide bonds. The molecular formula is C13H16ClNO. The summed E-state index contributed by atoms with van der Waals surface area (Å²) in [6.07, 6.45) is 2.38. The molecule has 1 aromatic carbocycles. The van der Waals surface area contributed by atoms with Crippen molar-refractivity contribution in [2.45, 2.75) is 25.8 Å². The maximum atomic E-state index is 12.0. The van der Waals surface area contributed by atoms with Gasteiger partial charge in [0.05, 0.1) is 11.6 Å². The van der Waals surface area contributed by atoms with Crippen LogP contribution in [-0.4, -0.2) is 29.8 Å². The molecule has 86 valence electrons. The Morgan fingerprint density at radius 2 is 2.25 bits per heavy atom. The van der Waals surface area contributed by atoms with Crippen molar-refractivity contribution in [2.75, 3.05) is 13.1 Å². The maximum Gasteiger partial charge on any atom is 0.178 e. The van der Waals surface area contributed by atoms with Gasteiger partial charge < -0.3 is 0 Å². The zero-order chi connectivity index (χ0) is 11.5. The Balaban J connectivity index is 2.06. The van der Waals surface area contributed by atoms with Crippen LogP contribution in [-0.2, 0) is 0 Å². The monoisotopic (exact) mass is 237 g/mol. The zero-order valence-electron chi connectivity index (χ0n) is 9.45. The fourth-order valence-corrected chi connectivity index (χ4v) is 2.43. The van der Waals surface area contributed by atoms with Crippen molar-refractivity contribution in [1.82, 2.24) is 4.90 Å². The van der Waals surface area contributed by atoms with E-state index in [-0.39, 0.29) is 5.78 Å². The molecule has 0 N–H and O–H groups in total. The Morgan fingerprint density at radius 3 is 2.88 bits per heavy atom. The lowest BCUT2D eigenvalue weighted by Gasteiger charge is -2.19. The van der Waals surface area contributed by atoms with Crippen LogP contribution in [0.25, 0.3) is 0 Å². The number of rotatable bonds is 3. The molecule has 0 spiro atoms. The molecule has 2 rings (SSSR count). The van der Waals surface area contributed by atoms with Gasteiger partial charge in [0.15, 0.2) is 5.78 Å². The highest BCUT2D eigenvalue weighted by Crippen LogP contribution is 2.19. The van der Waals surface area contributed by atoms with Gasteiger partial charge in [-0.2, -0.15) is 0 Å². The third-order valence-corrected chi connectivity index (χ3v) is 3.54. The SMILES string of the molecule is CC1CCCN1CC(=O)c1ccccc1Cl. The van der Waals surface area contributed by atoms with E-state index in [1.807, 2.05) is 12.1 Å². The number of hydrogen-bond acceptors (Lipinski definition) is 2. The highest BCUT2D eigenvalue weighted by atomic mass is 35.5. The topological polar surface area (TPSA) is 20.3 Å². The molecule has 1 aliphatic rings. The lowest BCUT2D eigenvalue weighted by atomic mass is 10.1. The summed E-state index contributed by atoms with van der Waals surface area (Å²) in [5.41, 5.74) is 0.642. The number of benzene rings is 1.